The van der Waals surface area contributed by atoms with Crippen molar-refractivity contribution >= 4 is 42.0 Å². The van der Waals surface area contributed by atoms with E-state index >= 15 is 0 Å². The van der Waals surface area contributed by atoms with Gasteiger partial charge in [0.25, 0.3) is 0 Å². The molecule has 50 heavy (non-hydrogen) atoms. The highest BCUT2D eigenvalue weighted by atomic mass is 32.2. The number of ether oxygens (including phenoxy) is 4. The molecule has 2 fully saturated rings. The highest BCUT2D eigenvalue weighted by Crippen LogP contribution is 2.42. The Morgan fingerprint density at radius 2 is 1.44 bits per heavy atom. The van der Waals surface area contributed by atoms with E-state index in [4.69, 9.17) is 18.9 Å². The van der Waals surface area contributed by atoms with Gasteiger partial charge in [0.15, 0.2) is 0 Å². The second-order valence-electron chi connectivity index (χ2n) is 15.4. The van der Waals surface area contributed by atoms with E-state index in [1.807, 2.05) is 24.3 Å². The van der Waals surface area contributed by atoms with Crippen LogP contribution in [0.2, 0.25) is 0 Å². The highest BCUT2D eigenvalue weighted by Gasteiger charge is 2.59. The van der Waals surface area contributed by atoms with Gasteiger partial charge in [0, 0.05) is 29.4 Å². The Hall–Kier alpha value is -3.92. The zero-order chi connectivity index (χ0) is 37.4. The van der Waals surface area contributed by atoms with Crippen molar-refractivity contribution in [3.63, 3.8) is 0 Å². The number of urea groups is 1. The molecule has 0 saturated carbocycles. The van der Waals surface area contributed by atoms with Crippen molar-refractivity contribution in [1.29, 1.82) is 0 Å². The topological polar surface area (TPSA) is 141 Å². The third-order valence-corrected chi connectivity index (χ3v) is 9.05. The van der Waals surface area contributed by atoms with Crippen molar-refractivity contribution in [2.75, 3.05) is 12.9 Å². The lowest BCUT2D eigenvalue weighted by atomic mass is 10.0. The summed E-state index contributed by atoms with van der Waals surface area (Å²) in [4.78, 5) is 66.4. The van der Waals surface area contributed by atoms with Crippen molar-refractivity contribution in [2.45, 2.75) is 141 Å². The molecule has 4 atom stereocenters. The lowest BCUT2D eigenvalue weighted by Gasteiger charge is -2.28. The van der Waals surface area contributed by atoms with Gasteiger partial charge in [-0.15, -0.1) is 0 Å². The summed E-state index contributed by atoms with van der Waals surface area (Å²) in [7, 11) is 1.27. The molecule has 0 radical (unpaired) electrons. The van der Waals surface area contributed by atoms with Crippen molar-refractivity contribution in [2.24, 2.45) is 0 Å². The number of benzene rings is 1. The van der Waals surface area contributed by atoms with Gasteiger partial charge in [-0.3, -0.25) is 0 Å². The molecule has 2 saturated heterocycles. The first-order chi connectivity index (χ1) is 23.2. The Kier molecular flexibility index (Phi) is 13.7. The quantitative estimate of drug-likeness (QED) is 0.0929. The summed E-state index contributed by atoms with van der Waals surface area (Å²) in [6.07, 6.45) is 2.18. The monoisotopic (exact) mass is 715 g/mol. The molecule has 2 heterocycles. The number of esters is 1. The number of imide groups is 2. The van der Waals surface area contributed by atoms with Gasteiger partial charge in [0.05, 0.1) is 19.2 Å². The first-order valence-electron chi connectivity index (χ1n) is 17.0. The van der Waals surface area contributed by atoms with Crippen LogP contribution in [0.3, 0.4) is 0 Å². The number of fused-ring (bicyclic) bond motifs is 1. The van der Waals surface area contributed by atoms with Crippen molar-refractivity contribution in [1.82, 2.24) is 15.1 Å². The summed E-state index contributed by atoms with van der Waals surface area (Å²) >= 11 is 1.66. The second-order valence-corrected chi connectivity index (χ2v) is 16.7. The van der Waals surface area contributed by atoms with Gasteiger partial charge in [-0.1, -0.05) is 36.8 Å². The van der Waals surface area contributed by atoms with Crippen molar-refractivity contribution < 1.29 is 42.9 Å². The van der Waals surface area contributed by atoms with Crippen molar-refractivity contribution in [3.8, 4) is 11.8 Å². The average Bonchev–Trinajstić information content (AvgIpc) is 3.50. The molecule has 1 N–H and O–H groups in total. The maximum absolute atomic E-state index is 13.5. The fourth-order valence-electron chi connectivity index (χ4n) is 5.55. The lowest BCUT2D eigenvalue weighted by Crippen LogP contribution is -2.47. The van der Waals surface area contributed by atoms with Gasteiger partial charge < -0.3 is 24.3 Å². The molecule has 1 aromatic rings. The minimum Gasteiger partial charge on any atom is -0.467 e. The van der Waals surface area contributed by atoms with Crippen LogP contribution in [0.1, 0.15) is 106 Å². The van der Waals surface area contributed by atoms with Crippen LogP contribution >= 0.6 is 11.8 Å². The standard InChI is InChI=1S/C37H53N3O9S/c1-35(2,3)47-31(42)38-26(30(41)46-10)22-25-20-18-24(19-21-25)16-14-12-11-13-15-17-28-29-27(23-50-28)39(33(44)48-36(4,5)6)32(43)40(29)34(45)49-37(7,8)9/h18-21,26-29H,11-13,15,17,22-23H2,1-10H3,(H,38,42)/t26-,27-,28-,29-/m0/s1. The summed E-state index contributed by atoms with van der Waals surface area (Å²) < 4.78 is 21.2. The predicted molar refractivity (Wildman–Crippen MR) is 191 cm³/mol. The van der Waals surface area contributed by atoms with Crippen LogP contribution in [-0.4, -0.2) is 93.1 Å². The zero-order valence-electron chi connectivity index (χ0n) is 31.0. The number of carbonyl (C=O) groups is 5. The molecule has 0 spiro atoms. The van der Waals surface area contributed by atoms with Crippen LogP contribution in [0.15, 0.2) is 24.3 Å². The van der Waals surface area contributed by atoms with Crippen LogP contribution in [0, 0.1) is 11.8 Å². The van der Waals surface area contributed by atoms with Gasteiger partial charge in [-0.25, -0.2) is 33.8 Å². The normalized spacial score (nSPS) is 19.6. The molecule has 2 aliphatic rings. The maximum atomic E-state index is 13.5. The molecule has 0 aromatic heterocycles. The van der Waals surface area contributed by atoms with Gasteiger partial charge in [0.2, 0.25) is 0 Å². The van der Waals surface area contributed by atoms with E-state index in [2.05, 4.69) is 17.2 Å². The molecule has 0 unspecified atom stereocenters. The fourth-order valence-corrected chi connectivity index (χ4v) is 7.18. The first kappa shape index (κ1) is 40.5. The van der Waals surface area contributed by atoms with E-state index in [-0.39, 0.29) is 11.7 Å². The highest BCUT2D eigenvalue weighted by molar-refractivity contribution is 8.00. The van der Waals surface area contributed by atoms with Crippen LogP contribution in [0.5, 0.6) is 0 Å². The number of unbranched alkanes of at least 4 members (excludes halogenated alkanes) is 3. The minimum absolute atomic E-state index is 0.0355. The molecule has 13 heteroatoms. The average molecular weight is 716 g/mol. The van der Waals surface area contributed by atoms with Crippen LogP contribution in [-0.2, 0) is 30.2 Å². The number of hydrogen-bond donors (Lipinski definition) is 1. The number of amides is 5. The van der Waals surface area contributed by atoms with E-state index in [1.165, 1.54) is 7.11 Å². The summed E-state index contributed by atoms with van der Waals surface area (Å²) in [5, 5.41) is 2.55. The third-order valence-electron chi connectivity index (χ3n) is 7.57. The van der Waals surface area contributed by atoms with Crippen LogP contribution in [0.4, 0.5) is 19.2 Å². The fraction of sp³-hybridized carbons (Fsp3) is 0.649. The Balaban J connectivity index is 1.52. The summed E-state index contributed by atoms with van der Waals surface area (Å²) in [6.45, 7) is 15.7. The smallest absolute Gasteiger partial charge is 0.418 e. The molecule has 3 rings (SSSR count). The van der Waals surface area contributed by atoms with Crippen molar-refractivity contribution in [3.05, 3.63) is 35.4 Å². The summed E-state index contributed by atoms with van der Waals surface area (Å²) in [5.41, 5.74) is -0.623. The van der Waals surface area contributed by atoms with Gasteiger partial charge in [-0.05, 0) is 92.9 Å². The number of carbonyl (C=O) groups excluding carboxylic acids is 5. The number of nitrogens with zero attached hydrogens (tertiary/aromatic N) is 2. The number of alkyl carbamates (subject to hydrolysis) is 1. The number of hydrogen-bond acceptors (Lipinski definition) is 10. The van der Waals surface area contributed by atoms with Gasteiger partial charge >= 0.3 is 30.3 Å². The Morgan fingerprint density at radius 1 is 0.860 bits per heavy atom. The molecule has 5 amide bonds. The molecule has 2 aliphatic heterocycles. The third kappa shape index (κ3) is 12.1. The first-order valence-corrected chi connectivity index (χ1v) is 18.1. The largest absolute Gasteiger partial charge is 0.467 e. The Bertz CT molecular complexity index is 1450. The number of rotatable bonds is 9. The number of methoxy groups -OCH3 is 1. The van der Waals surface area contributed by atoms with Crippen LogP contribution in [0.25, 0.3) is 0 Å². The molecule has 1 aromatic carbocycles. The second kappa shape index (κ2) is 16.9. The SMILES string of the molecule is COC(=O)[C@H](Cc1ccc(C#CCCCCC[C@@H]2SC[C@H]3[C@@H]2N(C(=O)OC(C)(C)C)C(=O)N3C(=O)OC(C)(C)C)cc1)NC(=O)OC(C)(C)C. The molecule has 276 valence electrons. The van der Waals surface area contributed by atoms with E-state index < -0.39 is 65.2 Å². The van der Waals surface area contributed by atoms with E-state index in [1.54, 1.807) is 74.1 Å². The van der Waals surface area contributed by atoms with E-state index in [0.717, 1.165) is 46.6 Å². The zero-order valence-corrected chi connectivity index (χ0v) is 31.9. The Morgan fingerprint density at radius 3 is 2.00 bits per heavy atom. The van der Waals surface area contributed by atoms with E-state index in [9.17, 15) is 24.0 Å². The molecule has 12 nitrogen and oxygen atoms in total. The van der Waals surface area contributed by atoms with Gasteiger partial charge in [0.1, 0.15) is 22.8 Å². The summed E-state index contributed by atoms with van der Waals surface area (Å²) in [6, 6.07) is 4.91. The predicted octanol–water partition coefficient (Wildman–Crippen LogP) is 7.06. The number of nitrogens with one attached hydrogen (secondary N) is 1. The molecule has 0 bridgehead atoms. The lowest BCUT2D eigenvalue weighted by molar-refractivity contribution is -0.143. The molecule has 0 aliphatic carbocycles. The molecular weight excluding hydrogens is 662 g/mol. The molecular formula is C37H53N3O9S. The Labute approximate surface area is 300 Å². The van der Waals surface area contributed by atoms with E-state index in [0.29, 0.717) is 12.2 Å². The van der Waals surface area contributed by atoms with Crippen LogP contribution < -0.4 is 5.32 Å². The summed E-state index contributed by atoms with van der Waals surface area (Å²) in [5.74, 6) is 6.34. The number of thioether (sulfide) groups is 1. The maximum Gasteiger partial charge on any atom is 0.418 e. The minimum atomic E-state index is -0.890. The van der Waals surface area contributed by atoms with Gasteiger partial charge in [-0.2, -0.15) is 11.8 Å².